The second-order valence-corrected chi connectivity index (χ2v) is 12.3. The van der Waals surface area contributed by atoms with Crippen LogP contribution in [0.15, 0.2) is 71.8 Å². The first kappa shape index (κ1) is 29.7. The Balaban J connectivity index is 0.000000190. The number of hydrogen-bond acceptors (Lipinski definition) is 7. The van der Waals surface area contributed by atoms with Crippen molar-refractivity contribution < 1.29 is 4.79 Å². The molecule has 230 valence electrons. The van der Waals surface area contributed by atoms with E-state index in [1.165, 1.54) is 43.4 Å². The highest BCUT2D eigenvalue weighted by Gasteiger charge is 2.23. The van der Waals surface area contributed by atoms with Crippen LogP contribution in [0.2, 0.25) is 0 Å². The van der Waals surface area contributed by atoms with Gasteiger partial charge < -0.3 is 30.3 Å². The number of nitrogens with one attached hydrogen (secondary N) is 1. The number of fused-ring (bicyclic) bond motifs is 1. The highest BCUT2D eigenvalue weighted by atomic mass is 16.1. The van der Waals surface area contributed by atoms with Crippen LogP contribution in [-0.4, -0.2) is 66.7 Å². The van der Waals surface area contributed by atoms with Crippen LogP contribution in [0.3, 0.4) is 0 Å². The molecule has 1 aliphatic carbocycles. The summed E-state index contributed by atoms with van der Waals surface area (Å²) in [6, 6.07) is 18.6. The lowest BCUT2D eigenvalue weighted by Gasteiger charge is -2.34. The average molecular weight is 594 g/mol. The van der Waals surface area contributed by atoms with E-state index in [4.69, 9.17) is 5.73 Å². The first-order valence-electron chi connectivity index (χ1n) is 15.8. The molecule has 9 heteroatoms. The lowest BCUT2D eigenvalue weighted by Crippen LogP contribution is -2.44. The zero-order valence-corrected chi connectivity index (χ0v) is 25.8. The number of anilines is 4. The summed E-state index contributed by atoms with van der Waals surface area (Å²) in [5.74, 6) is 0.227. The van der Waals surface area contributed by atoms with Crippen molar-refractivity contribution >= 4 is 39.4 Å². The molecule has 0 bridgehead atoms. The summed E-state index contributed by atoms with van der Waals surface area (Å²) >= 11 is 0. The number of pyridine rings is 2. The number of aromatic nitrogens is 2. The third kappa shape index (κ3) is 6.89. The summed E-state index contributed by atoms with van der Waals surface area (Å²) in [5.41, 5.74) is 11.1. The first-order chi connectivity index (χ1) is 21.4. The number of rotatable bonds is 6. The van der Waals surface area contributed by atoms with Gasteiger partial charge in [0.2, 0.25) is 0 Å². The van der Waals surface area contributed by atoms with Gasteiger partial charge in [0.25, 0.3) is 11.5 Å². The zero-order valence-electron chi connectivity index (χ0n) is 25.8. The Kier molecular flexibility index (Phi) is 8.84. The van der Waals surface area contributed by atoms with Crippen LogP contribution in [-0.2, 0) is 7.05 Å². The number of aryl methyl sites for hydroxylation is 1. The molecule has 3 aliphatic rings. The molecule has 7 rings (SSSR count). The van der Waals surface area contributed by atoms with Gasteiger partial charge in [-0.3, -0.25) is 9.59 Å². The molecule has 3 N–H and O–H groups in total. The lowest BCUT2D eigenvalue weighted by atomic mass is 10.1. The van der Waals surface area contributed by atoms with E-state index in [0.717, 1.165) is 67.3 Å². The van der Waals surface area contributed by atoms with Gasteiger partial charge in [0.05, 0.1) is 17.6 Å². The van der Waals surface area contributed by atoms with Crippen LogP contribution in [0.1, 0.15) is 54.1 Å². The fourth-order valence-corrected chi connectivity index (χ4v) is 6.08. The standard InChI is InChI=1S/C22H30N6O.C13H13NO/c1-26-11-13-28(14-12-26)18-7-5-17(6-8-18)25-20-15-19(16-24-21(20)22(23)29)27-9-3-2-4-10-27;1-14-7-6-11-8-10(9-2-3-9)4-5-12(11)13(14)15/h5-8,15-16,25H,2-4,9-14H2,1H3,(H2,23,29);4-9H,2-3H2,1H3. The molecule has 0 radical (unpaired) electrons. The minimum atomic E-state index is -0.522. The van der Waals surface area contributed by atoms with Crippen LogP contribution < -0.4 is 26.4 Å². The maximum Gasteiger partial charge on any atom is 0.269 e. The molecule has 1 amide bonds. The van der Waals surface area contributed by atoms with Gasteiger partial charge in [-0.25, -0.2) is 4.98 Å². The van der Waals surface area contributed by atoms with Crippen LogP contribution in [0, 0.1) is 0 Å². The Hall–Kier alpha value is -4.37. The Morgan fingerprint density at radius 1 is 0.841 bits per heavy atom. The fraction of sp³-hybridized carbons (Fsp3) is 0.400. The molecule has 1 saturated carbocycles. The number of nitrogens with zero attached hydrogens (tertiary/aromatic N) is 5. The molecule has 3 fully saturated rings. The summed E-state index contributed by atoms with van der Waals surface area (Å²) in [6.45, 7) is 6.29. The molecule has 0 unspecified atom stereocenters. The van der Waals surface area contributed by atoms with E-state index in [1.54, 1.807) is 17.8 Å². The number of likely N-dealkylation sites (N-methyl/N-ethyl adjacent to an activating group) is 1. The van der Waals surface area contributed by atoms with Gasteiger partial charge in [-0.2, -0.15) is 0 Å². The van der Waals surface area contributed by atoms with Crippen LogP contribution in [0.4, 0.5) is 22.7 Å². The number of benzene rings is 2. The van der Waals surface area contributed by atoms with Crippen LogP contribution in [0.5, 0.6) is 0 Å². The second kappa shape index (κ2) is 13.1. The van der Waals surface area contributed by atoms with Gasteiger partial charge in [-0.15, -0.1) is 0 Å². The molecule has 0 atom stereocenters. The van der Waals surface area contributed by atoms with Crippen molar-refractivity contribution in [3.05, 3.63) is 88.6 Å². The number of amides is 1. The number of piperazine rings is 1. The molecular formula is C35H43N7O2. The maximum absolute atomic E-state index is 11.9. The predicted octanol–water partition coefficient (Wildman–Crippen LogP) is 5.08. The van der Waals surface area contributed by atoms with Gasteiger partial charge in [-0.1, -0.05) is 12.1 Å². The van der Waals surface area contributed by atoms with Crippen molar-refractivity contribution in [2.24, 2.45) is 12.8 Å². The van der Waals surface area contributed by atoms with Crippen molar-refractivity contribution in [1.82, 2.24) is 14.5 Å². The minimum Gasteiger partial charge on any atom is -0.370 e. The molecule has 44 heavy (non-hydrogen) atoms. The zero-order chi connectivity index (χ0) is 30.6. The number of nitrogens with two attached hydrogens (primary N) is 1. The highest BCUT2D eigenvalue weighted by molar-refractivity contribution is 5.97. The summed E-state index contributed by atoms with van der Waals surface area (Å²) in [6.07, 6.45) is 9.84. The smallest absolute Gasteiger partial charge is 0.269 e. The maximum atomic E-state index is 11.9. The van der Waals surface area contributed by atoms with Gasteiger partial charge in [0.15, 0.2) is 5.69 Å². The molecule has 2 aromatic carbocycles. The Labute approximate surface area is 259 Å². The van der Waals surface area contributed by atoms with Crippen LogP contribution >= 0.6 is 0 Å². The van der Waals surface area contributed by atoms with Gasteiger partial charge in [0.1, 0.15) is 0 Å². The van der Waals surface area contributed by atoms with E-state index in [-0.39, 0.29) is 11.3 Å². The van der Waals surface area contributed by atoms with Gasteiger partial charge >= 0.3 is 0 Å². The topological polar surface area (TPSA) is 99.7 Å². The van der Waals surface area contributed by atoms with Gasteiger partial charge in [-0.05, 0) is 98.5 Å². The van der Waals surface area contributed by atoms with Crippen molar-refractivity contribution in [2.75, 3.05) is 61.4 Å². The minimum absolute atomic E-state index is 0.0925. The van der Waals surface area contributed by atoms with E-state index in [2.05, 4.69) is 56.3 Å². The quantitative estimate of drug-likeness (QED) is 0.322. The predicted molar refractivity (Wildman–Crippen MR) is 179 cm³/mol. The SMILES string of the molecule is CN1CCN(c2ccc(Nc3cc(N4CCCCC4)cnc3C(N)=O)cc2)CC1.Cn1ccc2cc(C3CC3)ccc2c1=O. The van der Waals surface area contributed by atoms with Crippen molar-refractivity contribution in [1.29, 1.82) is 0 Å². The molecule has 0 spiro atoms. The molecule has 2 aromatic heterocycles. The van der Waals surface area contributed by atoms with E-state index in [1.807, 2.05) is 36.5 Å². The Bertz CT molecular complexity index is 1670. The number of primary amides is 1. The number of piperidine rings is 1. The monoisotopic (exact) mass is 593 g/mol. The largest absolute Gasteiger partial charge is 0.370 e. The van der Waals surface area contributed by atoms with Crippen LogP contribution in [0.25, 0.3) is 10.8 Å². The van der Waals surface area contributed by atoms with Gasteiger partial charge in [0, 0.05) is 69.3 Å². The van der Waals surface area contributed by atoms with Crippen molar-refractivity contribution in [3.63, 3.8) is 0 Å². The molecule has 2 saturated heterocycles. The third-order valence-corrected chi connectivity index (χ3v) is 9.00. The molecular weight excluding hydrogens is 550 g/mol. The third-order valence-electron chi connectivity index (χ3n) is 9.00. The van der Waals surface area contributed by atoms with E-state index in [0.29, 0.717) is 5.69 Å². The highest BCUT2D eigenvalue weighted by Crippen LogP contribution is 2.40. The van der Waals surface area contributed by atoms with Crippen molar-refractivity contribution in [2.45, 2.75) is 38.0 Å². The van der Waals surface area contributed by atoms with E-state index < -0.39 is 5.91 Å². The molecule has 4 aromatic rings. The number of carbonyl (C=O) groups is 1. The lowest BCUT2D eigenvalue weighted by molar-refractivity contribution is 0.0996. The molecule has 2 aliphatic heterocycles. The first-order valence-corrected chi connectivity index (χ1v) is 15.8. The Morgan fingerprint density at radius 3 is 2.23 bits per heavy atom. The average Bonchev–Trinajstić information content (AvgIpc) is 3.90. The number of hydrogen-bond donors (Lipinski definition) is 2. The summed E-state index contributed by atoms with van der Waals surface area (Å²) in [4.78, 5) is 35.1. The molecule has 9 nitrogen and oxygen atoms in total. The summed E-state index contributed by atoms with van der Waals surface area (Å²) in [7, 11) is 3.95. The van der Waals surface area contributed by atoms with E-state index >= 15 is 0 Å². The number of carbonyl (C=O) groups excluding carboxylic acids is 1. The Morgan fingerprint density at radius 2 is 1.55 bits per heavy atom. The summed E-state index contributed by atoms with van der Waals surface area (Å²) in [5, 5.41) is 5.25. The van der Waals surface area contributed by atoms with E-state index in [9.17, 15) is 9.59 Å². The summed E-state index contributed by atoms with van der Waals surface area (Å²) < 4.78 is 1.62. The second-order valence-electron chi connectivity index (χ2n) is 12.3. The molecule has 4 heterocycles. The van der Waals surface area contributed by atoms with Crippen molar-refractivity contribution in [3.8, 4) is 0 Å². The normalized spacial score (nSPS) is 17.2. The fourth-order valence-electron chi connectivity index (χ4n) is 6.08.